The van der Waals surface area contributed by atoms with Crippen molar-refractivity contribution in [3.05, 3.63) is 65.7 Å². The van der Waals surface area contributed by atoms with Gasteiger partial charge in [-0.3, -0.25) is 9.89 Å². The number of amides is 1. The molecule has 1 unspecified atom stereocenters. The third kappa shape index (κ3) is 3.86. The lowest BCUT2D eigenvalue weighted by Crippen LogP contribution is -2.37. The average Bonchev–Trinajstić information content (AvgIpc) is 3.37. The van der Waals surface area contributed by atoms with Crippen molar-refractivity contribution >= 4 is 11.7 Å². The third-order valence-corrected chi connectivity index (χ3v) is 5.09. The molecule has 0 bridgehead atoms. The van der Waals surface area contributed by atoms with Crippen molar-refractivity contribution in [3.63, 3.8) is 0 Å². The Morgan fingerprint density at radius 3 is 2.79 bits per heavy atom. The molecule has 4 rings (SSSR count). The fraction of sp³-hybridized carbons (Fsp3) is 0.273. The summed E-state index contributed by atoms with van der Waals surface area (Å²) >= 11 is 0. The minimum absolute atomic E-state index is 0.0171. The number of nitrogens with zero attached hydrogens (tertiary/aromatic N) is 2. The molecular formula is C22H24N4O2. The molecule has 6 nitrogen and oxygen atoms in total. The summed E-state index contributed by atoms with van der Waals surface area (Å²) in [6.45, 7) is 3.61. The number of benzene rings is 2. The van der Waals surface area contributed by atoms with Crippen molar-refractivity contribution < 1.29 is 9.53 Å². The van der Waals surface area contributed by atoms with Crippen LogP contribution in [0.3, 0.4) is 0 Å². The van der Waals surface area contributed by atoms with E-state index >= 15 is 0 Å². The molecule has 0 saturated carbocycles. The van der Waals surface area contributed by atoms with Crippen LogP contribution in [-0.4, -0.2) is 42.3 Å². The first-order chi connectivity index (χ1) is 13.6. The fourth-order valence-electron chi connectivity index (χ4n) is 3.53. The van der Waals surface area contributed by atoms with Gasteiger partial charge in [0.2, 0.25) is 0 Å². The van der Waals surface area contributed by atoms with Crippen molar-refractivity contribution in [2.75, 3.05) is 25.1 Å². The molecule has 0 spiro atoms. The van der Waals surface area contributed by atoms with E-state index in [1.165, 1.54) is 0 Å². The highest BCUT2D eigenvalue weighted by molar-refractivity contribution is 5.94. The van der Waals surface area contributed by atoms with Crippen LogP contribution in [0.25, 0.3) is 11.3 Å². The number of ether oxygens (including phenoxy) is 1. The molecule has 0 aliphatic carbocycles. The molecule has 1 aliphatic heterocycles. The van der Waals surface area contributed by atoms with E-state index in [0.717, 1.165) is 47.9 Å². The zero-order valence-corrected chi connectivity index (χ0v) is 16.1. The number of aryl methyl sites for hydroxylation is 1. The van der Waals surface area contributed by atoms with Gasteiger partial charge in [0.15, 0.2) is 5.82 Å². The van der Waals surface area contributed by atoms with Crippen molar-refractivity contribution in [2.45, 2.75) is 19.4 Å². The monoisotopic (exact) mass is 376 g/mol. The molecule has 6 heteroatoms. The van der Waals surface area contributed by atoms with Gasteiger partial charge in [-0.2, -0.15) is 5.10 Å². The smallest absolute Gasteiger partial charge is 0.251 e. The molecule has 2 aromatic carbocycles. The number of rotatable bonds is 5. The average molecular weight is 376 g/mol. The van der Waals surface area contributed by atoms with Gasteiger partial charge in [0.1, 0.15) is 5.75 Å². The standard InChI is InChI=1S/C22H24N4O2/c1-15-4-3-5-17(12-15)22(27)23-18-10-11-26(14-18)21-13-20(24-25-21)16-6-8-19(28-2)9-7-16/h3-9,12-13,18H,10-11,14H2,1-2H3,(H,23,27)(H,24,25). The van der Waals surface area contributed by atoms with Gasteiger partial charge in [-0.25, -0.2) is 0 Å². The molecule has 1 amide bonds. The van der Waals surface area contributed by atoms with E-state index in [9.17, 15) is 4.79 Å². The van der Waals surface area contributed by atoms with Crippen LogP contribution < -0.4 is 15.0 Å². The zero-order valence-electron chi connectivity index (χ0n) is 16.1. The van der Waals surface area contributed by atoms with Gasteiger partial charge in [-0.05, 0) is 55.3 Å². The molecule has 3 aromatic rings. The number of hydrogen-bond donors (Lipinski definition) is 2. The first kappa shape index (κ1) is 18.1. The van der Waals surface area contributed by atoms with Crippen LogP contribution in [0.4, 0.5) is 5.82 Å². The molecule has 144 valence electrons. The lowest BCUT2D eigenvalue weighted by molar-refractivity contribution is 0.0940. The zero-order chi connectivity index (χ0) is 19.5. The quantitative estimate of drug-likeness (QED) is 0.716. The Balaban J connectivity index is 1.39. The van der Waals surface area contributed by atoms with Crippen LogP contribution >= 0.6 is 0 Å². The van der Waals surface area contributed by atoms with Gasteiger partial charge < -0.3 is 15.0 Å². The number of anilines is 1. The van der Waals surface area contributed by atoms with Crippen molar-refractivity contribution in [1.29, 1.82) is 0 Å². The van der Waals surface area contributed by atoms with E-state index in [0.29, 0.717) is 5.56 Å². The number of carbonyl (C=O) groups excluding carboxylic acids is 1. The van der Waals surface area contributed by atoms with Crippen LogP contribution in [0.5, 0.6) is 5.75 Å². The summed E-state index contributed by atoms with van der Waals surface area (Å²) < 4.78 is 5.20. The highest BCUT2D eigenvalue weighted by atomic mass is 16.5. The number of aromatic amines is 1. The van der Waals surface area contributed by atoms with Crippen molar-refractivity contribution in [2.24, 2.45) is 0 Å². The third-order valence-electron chi connectivity index (χ3n) is 5.09. The van der Waals surface area contributed by atoms with Gasteiger partial charge >= 0.3 is 0 Å². The summed E-state index contributed by atoms with van der Waals surface area (Å²) in [7, 11) is 1.66. The van der Waals surface area contributed by atoms with Gasteiger partial charge in [-0.1, -0.05) is 17.7 Å². The molecule has 1 saturated heterocycles. The second kappa shape index (κ2) is 7.76. The van der Waals surface area contributed by atoms with Gasteiger partial charge in [0, 0.05) is 30.8 Å². The first-order valence-corrected chi connectivity index (χ1v) is 9.45. The SMILES string of the molecule is COc1ccc(-c2cc(N3CCC(NC(=O)c4cccc(C)c4)C3)n[nH]2)cc1. The molecule has 1 aliphatic rings. The number of hydrogen-bond acceptors (Lipinski definition) is 4. The molecule has 0 radical (unpaired) electrons. The van der Waals surface area contributed by atoms with Gasteiger partial charge in [-0.15, -0.1) is 0 Å². The predicted octanol–water partition coefficient (Wildman–Crippen LogP) is 3.40. The number of aromatic nitrogens is 2. The van der Waals surface area contributed by atoms with E-state index in [4.69, 9.17) is 4.74 Å². The molecular weight excluding hydrogens is 352 g/mol. The highest BCUT2D eigenvalue weighted by Gasteiger charge is 2.26. The Bertz CT molecular complexity index is 965. The maximum Gasteiger partial charge on any atom is 0.251 e. The lowest BCUT2D eigenvalue weighted by atomic mass is 10.1. The van der Waals surface area contributed by atoms with E-state index in [2.05, 4.69) is 20.4 Å². The van der Waals surface area contributed by atoms with Crippen LogP contribution in [-0.2, 0) is 0 Å². The number of H-pyrrole nitrogens is 1. The fourth-order valence-corrected chi connectivity index (χ4v) is 3.53. The Labute approximate surface area is 164 Å². The highest BCUT2D eigenvalue weighted by Crippen LogP contribution is 2.26. The van der Waals surface area contributed by atoms with E-state index in [1.807, 2.05) is 61.5 Å². The van der Waals surface area contributed by atoms with E-state index < -0.39 is 0 Å². The molecule has 2 heterocycles. The van der Waals surface area contributed by atoms with E-state index in [1.54, 1.807) is 7.11 Å². The topological polar surface area (TPSA) is 70.2 Å². The Morgan fingerprint density at radius 1 is 1.21 bits per heavy atom. The van der Waals surface area contributed by atoms with Crippen molar-refractivity contribution in [1.82, 2.24) is 15.5 Å². The second-order valence-corrected chi connectivity index (χ2v) is 7.14. The van der Waals surface area contributed by atoms with Crippen LogP contribution in [0, 0.1) is 6.92 Å². The number of nitrogens with one attached hydrogen (secondary N) is 2. The molecule has 28 heavy (non-hydrogen) atoms. The molecule has 1 fully saturated rings. The van der Waals surface area contributed by atoms with Crippen LogP contribution in [0.15, 0.2) is 54.6 Å². The largest absolute Gasteiger partial charge is 0.497 e. The van der Waals surface area contributed by atoms with Crippen LogP contribution in [0.1, 0.15) is 22.3 Å². The Hall–Kier alpha value is -3.28. The van der Waals surface area contributed by atoms with Gasteiger partial charge in [0.05, 0.1) is 12.8 Å². The van der Waals surface area contributed by atoms with E-state index in [-0.39, 0.29) is 11.9 Å². The summed E-state index contributed by atoms with van der Waals surface area (Å²) in [5.41, 5.74) is 3.82. The normalized spacial score (nSPS) is 16.2. The Morgan fingerprint density at radius 2 is 2.04 bits per heavy atom. The second-order valence-electron chi connectivity index (χ2n) is 7.14. The summed E-state index contributed by atoms with van der Waals surface area (Å²) in [5.74, 6) is 1.71. The number of carbonyl (C=O) groups is 1. The lowest BCUT2D eigenvalue weighted by Gasteiger charge is -2.16. The summed E-state index contributed by atoms with van der Waals surface area (Å²) in [6, 6.07) is 17.7. The minimum atomic E-state index is -0.0171. The summed E-state index contributed by atoms with van der Waals surface area (Å²) in [6.07, 6.45) is 0.905. The maximum atomic E-state index is 12.5. The summed E-state index contributed by atoms with van der Waals surface area (Å²) in [4.78, 5) is 14.7. The number of methoxy groups -OCH3 is 1. The minimum Gasteiger partial charge on any atom is -0.497 e. The maximum absolute atomic E-state index is 12.5. The van der Waals surface area contributed by atoms with Crippen molar-refractivity contribution in [3.8, 4) is 17.0 Å². The molecule has 1 aromatic heterocycles. The van der Waals surface area contributed by atoms with Crippen LogP contribution in [0.2, 0.25) is 0 Å². The summed E-state index contributed by atoms with van der Waals surface area (Å²) in [5, 5.41) is 10.7. The predicted molar refractivity (Wildman–Crippen MR) is 110 cm³/mol. The first-order valence-electron chi connectivity index (χ1n) is 9.45. The Kier molecular flexibility index (Phi) is 5.02. The molecule has 2 N–H and O–H groups in total. The van der Waals surface area contributed by atoms with Gasteiger partial charge in [0.25, 0.3) is 5.91 Å². The molecule has 1 atom stereocenters.